The second kappa shape index (κ2) is 4.79. The largest absolute Gasteiger partial charge is 0.491 e. The maximum Gasteiger partial charge on any atom is 0.491 e. The van der Waals surface area contributed by atoms with Crippen LogP contribution in [0.15, 0.2) is 42.5 Å². The number of carbonyl (C=O) groups excluding carboxylic acids is 2. The molecule has 0 saturated carbocycles. The molecule has 0 aromatic heterocycles. The lowest BCUT2D eigenvalue weighted by atomic mass is 9.79. The highest BCUT2D eigenvalue weighted by Crippen LogP contribution is 2.24. The minimum absolute atomic E-state index is 0.187. The predicted molar refractivity (Wildman–Crippen MR) is 79.5 cm³/mol. The van der Waals surface area contributed by atoms with Crippen molar-refractivity contribution < 1.29 is 19.3 Å². The van der Waals surface area contributed by atoms with Crippen LogP contribution < -0.4 is 5.46 Å². The first-order chi connectivity index (χ1) is 10.6. The fourth-order valence-corrected chi connectivity index (χ4v) is 2.93. The lowest BCUT2D eigenvalue weighted by Crippen LogP contribution is -2.31. The topological polar surface area (TPSA) is 66.8 Å². The van der Waals surface area contributed by atoms with Crippen LogP contribution in [0.2, 0.25) is 0 Å². The smallest absolute Gasteiger partial charge is 0.423 e. The van der Waals surface area contributed by atoms with E-state index in [9.17, 15) is 14.6 Å². The van der Waals surface area contributed by atoms with E-state index in [1.165, 1.54) is 4.90 Å². The molecule has 4 rings (SSSR count). The Bertz CT molecular complexity index is 769. The summed E-state index contributed by atoms with van der Waals surface area (Å²) >= 11 is 0. The lowest BCUT2D eigenvalue weighted by Gasteiger charge is -2.14. The van der Waals surface area contributed by atoms with Crippen LogP contribution in [0.1, 0.15) is 31.8 Å². The van der Waals surface area contributed by atoms with Gasteiger partial charge in [0, 0.05) is 0 Å². The van der Waals surface area contributed by atoms with E-state index in [0.29, 0.717) is 23.2 Å². The van der Waals surface area contributed by atoms with Crippen LogP contribution in [0.25, 0.3) is 0 Å². The standard InChI is InChI=1S/C16H12BNO4/c19-15-12-3-1-2-4-13(12)16(20)18(15)8-10-5-6-11-9-22-17(21)14(11)7-10/h1-7,21H,8-9H2. The van der Waals surface area contributed by atoms with Crippen LogP contribution in [-0.2, 0) is 17.8 Å². The molecule has 2 amide bonds. The Morgan fingerprint density at radius 3 is 2.45 bits per heavy atom. The molecule has 0 radical (unpaired) electrons. The summed E-state index contributed by atoms with van der Waals surface area (Å²) in [5, 5.41) is 9.74. The Labute approximate surface area is 127 Å². The number of hydrogen-bond donors (Lipinski definition) is 1. The molecule has 22 heavy (non-hydrogen) atoms. The van der Waals surface area contributed by atoms with Gasteiger partial charge in [0.25, 0.3) is 11.8 Å². The molecule has 6 heteroatoms. The van der Waals surface area contributed by atoms with Gasteiger partial charge in [-0.1, -0.05) is 30.3 Å². The highest BCUT2D eigenvalue weighted by Gasteiger charge is 2.35. The van der Waals surface area contributed by atoms with Crippen LogP contribution in [0.3, 0.4) is 0 Å². The van der Waals surface area contributed by atoms with Crippen molar-refractivity contribution in [2.75, 3.05) is 0 Å². The Morgan fingerprint density at radius 1 is 1.09 bits per heavy atom. The first-order valence-electron chi connectivity index (χ1n) is 7.02. The molecule has 108 valence electrons. The lowest BCUT2D eigenvalue weighted by molar-refractivity contribution is 0.0642. The Hall–Kier alpha value is -2.44. The van der Waals surface area contributed by atoms with Crippen LogP contribution in [-0.4, -0.2) is 28.9 Å². The summed E-state index contributed by atoms with van der Waals surface area (Å²) in [5.41, 5.74) is 3.31. The third-order valence-electron chi connectivity index (χ3n) is 4.09. The molecule has 0 saturated heterocycles. The van der Waals surface area contributed by atoms with Crippen LogP contribution >= 0.6 is 0 Å². The second-order valence-electron chi connectivity index (χ2n) is 5.44. The summed E-state index contributed by atoms with van der Waals surface area (Å²) in [4.78, 5) is 25.9. The van der Waals surface area contributed by atoms with E-state index in [1.54, 1.807) is 30.3 Å². The van der Waals surface area contributed by atoms with Crippen molar-refractivity contribution in [3.63, 3.8) is 0 Å². The molecular weight excluding hydrogens is 281 g/mol. The molecule has 5 nitrogen and oxygen atoms in total. The molecule has 1 N–H and O–H groups in total. The van der Waals surface area contributed by atoms with Crippen molar-refractivity contribution in [1.82, 2.24) is 4.90 Å². The van der Waals surface area contributed by atoms with Gasteiger partial charge in [0.15, 0.2) is 0 Å². The zero-order valence-electron chi connectivity index (χ0n) is 11.7. The number of hydrogen-bond acceptors (Lipinski definition) is 4. The molecule has 0 unspecified atom stereocenters. The quantitative estimate of drug-likeness (QED) is 0.654. The van der Waals surface area contributed by atoms with Crippen molar-refractivity contribution in [3.05, 3.63) is 64.7 Å². The summed E-state index contributed by atoms with van der Waals surface area (Å²) in [6.45, 7) is 0.566. The maximum absolute atomic E-state index is 12.3. The van der Waals surface area contributed by atoms with Gasteiger partial charge in [0.05, 0.1) is 24.3 Å². The molecule has 2 heterocycles. The fraction of sp³-hybridized carbons (Fsp3) is 0.125. The van der Waals surface area contributed by atoms with Crippen molar-refractivity contribution in [1.29, 1.82) is 0 Å². The Balaban J connectivity index is 1.64. The maximum atomic E-state index is 12.3. The molecule has 2 aromatic rings. The Kier molecular flexibility index (Phi) is 2.89. The molecule has 0 atom stereocenters. The van der Waals surface area contributed by atoms with E-state index in [2.05, 4.69) is 0 Å². The van der Waals surface area contributed by atoms with E-state index in [0.717, 1.165) is 11.1 Å². The van der Waals surface area contributed by atoms with Gasteiger partial charge < -0.3 is 9.68 Å². The highest BCUT2D eigenvalue weighted by molar-refractivity contribution is 6.61. The average molecular weight is 293 g/mol. The number of amides is 2. The van der Waals surface area contributed by atoms with E-state index in [4.69, 9.17) is 4.65 Å². The fourth-order valence-electron chi connectivity index (χ4n) is 2.93. The number of nitrogens with zero attached hydrogens (tertiary/aromatic N) is 1. The number of imide groups is 1. The van der Waals surface area contributed by atoms with Crippen molar-refractivity contribution in [3.8, 4) is 0 Å². The summed E-state index contributed by atoms with van der Waals surface area (Å²) in [6, 6.07) is 12.3. The van der Waals surface area contributed by atoms with Crippen molar-refractivity contribution >= 4 is 24.4 Å². The normalized spacial score (nSPS) is 16.2. The van der Waals surface area contributed by atoms with Gasteiger partial charge in [0.1, 0.15) is 0 Å². The number of benzene rings is 2. The molecular formula is C16H12BNO4. The van der Waals surface area contributed by atoms with E-state index < -0.39 is 7.12 Å². The van der Waals surface area contributed by atoms with Crippen LogP contribution in [0.4, 0.5) is 0 Å². The number of rotatable bonds is 2. The summed E-state index contributed by atoms with van der Waals surface area (Å²) in [6.07, 6.45) is 0. The van der Waals surface area contributed by atoms with Crippen molar-refractivity contribution in [2.45, 2.75) is 13.2 Å². The third-order valence-corrected chi connectivity index (χ3v) is 4.09. The predicted octanol–water partition coefficient (Wildman–Crippen LogP) is 0.701. The monoisotopic (exact) mass is 293 g/mol. The van der Waals surface area contributed by atoms with E-state index in [1.807, 2.05) is 12.1 Å². The summed E-state index contributed by atoms with van der Waals surface area (Å²) in [5.74, 6) is -0.559. The van der Waals surface area contributed by atoms with Gasteiger partial charge in [-0.15, -0.1) is 0 Å². The molecule has 2 aliphatic rings. The molecule has 0 aliphatic carbocycles. The summed E-state index contributed by atoms with van der Waals surface area (Å²) in [7, 11) is -0.933. The summed E-state index contributed by atoms with van der Waals surface area (Å²) < 4.78 is 5.15. The molecule has 2 aromatic carbocycles. The van der Waals surface area contributed by atoms with Gasteiger partial charge in [-0.25, -0.2) is 0 Å². The van der Waals surface area contributed by atoms with Crippen LogP contribution in [0, 0.1) is 0 Å². The molecule has 0 spiro atoms. The van der Waals surface area contributed by atoms with Gasteiger partial charge in [-0.05, 0) is 28.7 Å². The third kappa shape index (κ3) is 1.89. The minimum atomic E-state index is -0.933. The molecule has 2 aliphatic heterocycles. The van der Waals surface area contributed by atoms with Gasteiger partial charge in [-0.3, -0.25) is 14.5 Å². The van der Waals surface area contributed by atoms with Gasteiger partial charge >= 0.3 is 7.12 Å². The molecule has 0 bridgehead atoms. The second-order valence-corrected chi connectivity index (χ2v) is 5.44. The van der Waals surface area contributed by atoms with Crippen LogP contribution in [0.5, 0.6) is 0 Å². The Morgan fingerprint density at radius 2 is 1.77 bits per heavy atom. The minimum Gasteiger partial charge on any atom is -0.423 e. The number of fused-ring (bicyclic) bond motifs is 2. The number of carbonyl (C=O) groups is 2. The zero-order chi connectivity index (χ0) is 15.3. The van der Waals surface area contributed by atoms with Crippen molar-refractivity contribution in [2.24, 2.45) is 0 Å². The zero-order valence-corrected chi connectivity index (χ0v) is 11.7. The van der Waals surface area contributed by atoms with Gasteiger partial charge in [0.2, 0.25) is 0 Å². The first-order valence-corrected chi connectivity index (χ1v) is 7.02. The SMILES string of the molecule is O=C1c2ccccc2C(=O)N1Cc1ccc2c(c1)B(O)OC2. The molecule has 0 fully saturated rings. The van der Waals surface area contributed by atoms with E-state index >= 15 is 0 Å². The van der Waals surface area contributed by atoms with Gasteiger partial charge in [-0.2, -0.15) is 0 Å². The van der Waals surface area contributed by atoms with E-state index in [-0.39, 0.29) is 18.4 Å². The average Bonchev–Trinajstić information content (AvgIpc) is 3.02. The first kappa shape index (κ1) is 13.2. The highest BCUT2D eigenvalue weighted by atomic mass is 16.5.